The lowest BCUT2D eigenvalue weighted by molar-refractivity contribution is -0.383. The SMILES string of the molecule is O=C1c2ccccc2C(=O)c2c(Nc3ccccc3[N+](=O)[O-])cccc21. The van der Waals surface area contributed by atoms with Crippen molar-refractivity contribution < 1.29 is 14.5 Å². The first kappa shape index (κ1) is 15.7. The number of ketones is 2. The lowest BCUT2D eigenvalue weighted by Gasteiger charge is -2.20. The molecule has 3 aromatic rings. The first-order valence-corrected chi connectivity index (χ1v) is 7.90. The maximum atomic E-state index is 13.0. The van der Waals surface area contributed by atoms with Gasteiger partial charge in [-0.05, 0) is 12.1 Å². The van der Waals surface area contributed by atoms with Crippen molar-refractivity contribution in [1.82, 2.24) is 0 Å². The van der Waals surface area contributed by atoms with Gasteiger partial charge in [0.2, 0.25) is 0 Å². The van der Waals surface area contributed by atoms with E-state index in [0.717, 1.165) is 0 Å². The lowest BCUT2D eigenvalue weighted by atomic mass is 9.83. The Kier molecular flexibility index (Phi) is 3.58. The Bertz CT molecular complexity index is 1090. The minimum atomic E-state index is -0.500. The summed E-state index contributed by atoms with van der Waals surface area (Å²) >= 11 is 0. The van der Waals surface area contributed by atoms with E-state index in [1.807, 2.05) is 0 Å². The molecule has 0 aliphatic heterocycles. The van der Waals surface area contributed by atoms with Gasteiger partial charge in [0.15, 0.2) is 11.6 Å². The fourth-order valence-electron chi connectivity index (χ4n) is 3.13. The summed E-state index contributed by atoms with van der Waals surface area (Å²) in [7, 11) is 0. The van der Waals surface area contributed by atoms with Gasteiger partial charge < -0.3 is 5.32 Å². The highest BCUT2D eigenvalue weighted by Crippen LogP contribution is 2.35. The normalized spacial score (nSPS) is 12.3. The predicted octanol–water partition coefficient (Wildman–Crippen LogP) is 4.11. The number of carbonyl (C=O) groups excluding carboxylic acids is 2. The fourth-order valence-corrected chi connectivity index (χ4v) is 3.13. The number of nitro benzene ring substituents is 1. The van der Waals surface area contributed by atoms with Crippen LogP contribution in [0.15, 0.2) is 66.7 Å². The van der Waals surface area contributed by atoms with Crippen LogP contribution in [-0.2, 0) is 0 Å². The fraction of sp³-hybridized carbons (Fsp3) is 0. The zero-order chi connectivity index (χ0) is 18.3. The number of para-hydroxylation sites is 2. The number of fused-ring (bicyclic) bond motifs is 2. The molecule has 4 rings (SSSR count). The molecule has 0 aromatic heterocycles. The maximum absolute atomic E-state index is 13.0. The molecule has 1 aliphatic rings. The van der Waals surface area contributed by atoms with Crippen molar-refractivity contribution in [2.45, 2.75) is 0 Å². The molecular weight excluding hydrogens is 332 g/mol. The lowest BCUT2D eigenvalue weighted by Crippen LogP contribution is -2.22. The molecule has 0 heterocycles. The van der Waals surface area contributed by atoms with Crippen molar-refractivity contribution in [3.63, 3.8) is 0 Å². The highest BCUT2D eigenvalue weighted by atomic mass is 16.6. The number of hydrogen-bond donors (Lipinski definition) is 1. The molecule has 0 fully saturated rings. The van der Waals surface area contributed by atoms with E-state index in [1.54, 1.807) is 60.7 Å². The van der Waals surface area contributed by atoms with Gasteiger partial charge in [-0.1, -0.05) is 48.5 Å². The van der Waals surface area contributed by atoms with E-state index >= 15 is 0 Å². The summed E-state index contributed by atoms with van der Waals surface area (Å²) in [5.74, 6) is -0.515. The number of nitro groups is 1. The Morgan fingerprint density at radius 2 is 1.27 bits per heavy atom. The van der Waals surface area contributed by atoms with Gasteiger partial charge in [0, 0.05) is 22.8 Å². The van der Waals surface area contributed by atoms with Crippen molar-refractivity contribution in [1.29, 1.82) is 0 Å². The third-order valence-electron chi connectivity index (χ3n) is 4.32. The quantitative estimate of drug-likeness (QED) is 0.446. The number of nitrogens with one attached hydrogen (secondary N) is 1. The Hall–Kier alpha value is -3.80. The monoisotopic (exact) mass is 344 g/mol. The number of benzene rings is 3. The predicted molar refractivity (Wildman–Crippen MR) is 96.1 cm³/mol. The van der Waals surface area contributed by atoms with E-state index < -0.39 is 4.92 Å². The zero-order valence-corrected chi connectivity index (χ0v) is 13.4. The molecule has 0 radical (unpaired) electrons. The molecule has 0 spiro atoms. The molecule has 6 nitrogen and oxygen atoms in total. The summed E-state index contributed by atoms with van der Waals surface area (Å²) < 4.78 is 0. The highest BCUT2D eigenvalue weighted by Gasteiger charge is 2.31. The second-order valence-electron chi connectivity index (χ2n) is 5.83. The number of anilines is 2. The molecule has 126 valence electrons. The van der Waals surface area contributed by atoms with Gasteiger partial charge in [-0.2, -0.15) is 0 Å². The van der Waals surface area contributed by atoms with Crippen LogP contribution in [0.5, 0.6) is 0 Å². The van der Waals surface area contributed by atoms with Crippen molar-refractivity contribution in [3.05, 3.63) is 99.1 Å². The van der Waals surface area contributed by atoms with E-state index in [9.17, 15) is 19.7 Å². The Labute approximate surface area is 148 Å². The van der Waals surface area contributed by atoms with Gasteiger partial charge in [-0.25, -0.2) is 0 Å². The largest absolute Gasteiger partial charge is 0.349 e. The van der Waals surface area contributed by atoms with Crippen LogP contribution in [0.3, 0.4) is 0 Å². The van der Waals surface area contributed by atoms with Gasteiger partial charge in [-0.3, -0.25) is 19.7 Å². The maximum Gasteiger partial charge on any atom is 0.292 e. The van der Waals surface area contributed by atoms with Crippen LogP contribution < -0.4 is 5.32 Å². The molecule has 0 amide bonds. The van der Waals surface area contributed by atoms with Crippen molar-refractivity contribution in [2.75, 3.05) is 5.32 Å². The van der Waals surface area contributed by atoms with Crippen LogP contribution in [0.2, 0.25) is 0 Å². The average Bonchev–Trinajstić information content (AvgIpc) is 2.66. The Balaban J connectivity index is 1.86. The van der Waals surface area contributed by atoms with Crippen molar-refractivity contribution in [3.8, 4) is 0 Å². The Morgan fingerprint density at radius 3 is 2.00 bits per heavy atom. The molecule has 0 bridgehead atoms. The molecule has 0 saturated carbocycles. The molecule has 0 atom stereocenters. The summed E-state index contributed by atoms with van der Waals surface area (Å²) in [6, 6.07) is 17.7. The third kappa shape index (κ3) is 2.36. The summed E-state index contributed by atoms with van der Waals surface area (Å²) in [5.41, 5.74) is 1.73. The van der Waals surface area contributed by atoms with Gasteiger partial charge in [0.25, 0.3) is 5.69 Å². The second kappa shape index (κ2) is 5.93. The molecule has 0 saturated heterocycles. The first-order chi connectivity index (χ1) is 12.6. The van der Waals surface area contributed by atoms with E-state index in [1.165, 1.54) is 6.07 Å². The van der Waals surface area contributed by atoms with E-state index in [4.69, 9.17) is 0 Å². The van der Waals surface area contributed by atoms with Crippen molar-refractivity contribution >= 4 is 28.6 Å². The second-order valence-corrected chi connectivity index (χ2v) is 5.83. The highest BCUT2D eigenvalue weighted by molar-refractivity contribution is 6.30. The van der Waals surface area contributed by atoms with E-state index in [2.05, 4.69) is 5.32 Å². The molecular formula is C20H12N2O4. The Morgan fingerprint density at radius 1 is 0.692 bits per heavy atom. The van der Waals surface area contributed by atoms with Crippen LogP contribution in [0.25, 0.3) is 0 Å². The molecule has 3 aromatic carbocycles. The van der Waals surface area contributed by atoms with Gasteiger partial charge >= 0.3 is 0 Å². The van der Waals surface area contributed by atoms with Crippen LogP contribution in [0, 0.1) is 10.1 Å². The molecule has 1 aliphatic carbocycles. The average molecular weight is 344 g/mol. The standard InChI is InChI=1S/C20H12N2O4/c23-19-12-6-1-2-7-13(12)20(24)18-14(19)8-5-10-16(18)21-15-9-3-4-11-17(15)22(25)26/h1-11,21H. The third-order valence-corrected chi connectivity index (χ3v) is 4.32. The smallest absolute Gasteiger partial charge is 0.292 e. The molecule has 1 N–H and O–H groups in total. The van der Waals surface area contributed by atoms with E-state index in [0.29, 0.717) is 16.8 Å². The topological polar surface area (TPSA) is 89.3 Å². The summed E-state index contributed by atoms with van der Waals surface area (Å²) in [6.45, 7) is 0. The summed E-state index contributed by atoms with van der Waals surface area (Å²) in [6.07, 6.45) is 0. The first-order valence-electron chi connectivity index (χ1n) is 7.90. The molecule has 6 heteroatoms. The van der Waals surface area contributed by atoms with Crippen LogP contribution in [0.4, 0.5) is 17.1 Å². The number of carbonyl (C=O) groups is 2. The van der Waals surface area contributed by atoms with Gasteiger partial charge in [-0.15, -0.1) is 0 Å². The zero-order valence-electron chi connectivity index (χ0n) is 13.4. The summed E-state index contributed by atoms with van der Waals surface area (Å²) in [4.78, 5) is 36.4. The number of hydrogen-bond acceptors (Lipinski definition) is 5. The number of rotatable bonds is 3. The minimum Gasteiger partial charge on any atom is -0.349 e. The summed E-state index contributed by atoms with van der Waals surface area (Å²) in [5, 5.41) is 14.2. The van der Waals surface area contributed by atoms with E-state index in [-0.39, 0.29) is 34.1 Å². The molecule has 0 unspecified atom stereocenters. The van der Waals surface area contributed by atoms with Crippen LogP contribution in [-0.4, -0.2) is 16.5 Å². The van der Waals surface area contributed by atoms with Crippen LogP contribution in [0.1, 0.15) is 31.8 Å². The minimum absolute atomic E-state index is 0.111. The number of nitrogens with zero attached hydrogens (tertiary/aromatic N) is 1. The van der Waals surface area contributed by atoms with Gasteiger partial charge in [0.05, 0.1) is 16.2 Å². The van der Waals surface area contributed by atoms with Crippen molar-refractivity contribution in [2.24, 2.45) is 0 Å². The molecule has 26 heavy (non-hydrogen) atoms. The van der Waals surface area contributed by atoms with Gasteiger partial charge in [0.1, 0.15) is 5.69 Å². The van der Waals surface area contributed by atoms with Crippen LogP contribution >= 0.6 is 0 Å².